The molecule has 1 aromatic heterocycles. The maximum absolute atomic E-state index is 15.3. The van der Waals surface area contributed by atoms with Crippen molar-refractivity contribution in [2.75, 3.05) is 33.0 Å². The van der Waals surface area contributed by atoms with E-state index in [4.69, 9.17) is 38.7 Å². The highest BCUT2D eigenvalue weighted by Crippen LogP contribution is 2.62. The molecule has 4 aromatic carbocycles. The van der Waals surface area contributed by atoms with Gasteiger partial charge in [-0.2, -0.15) is 0 Å². The molecule has 8 rings (SSSR count). The van der Waals surface area contributed by atoms with Gasteiger partial charge in [0.05, 0.1) is 43.7 Å². The standard InChI is InChI=1S/C59H71N3O9/c1-6-32-69-59-54(62(38-45-24-17-23-43-21-10-11-26-48(43)45)57(65)67-34-33-66-39-42-19-8-7-9-20-42)37-52(61-71-58(3,4)5)50-35-44(22-12-14-30-63)49(27-13-15-31-64)55(56(50)59)51-36-47(28-29-53(51)70-59)68-40-46-25-16-18-41(2)60-46/h6-11,16-21,23-26,28-29,35-36,44,49,54-56,63-64H,1,12-15,22,27,30-34,37-40H2,2-5H3/t44-,49+,54-,55+,56+,59+/m0/s1. The average molecular weight is 966 g/mol. The predicted molar refractivity (Wildman–Crippen MR) is 276 cm³/mol. The normalized spacial score (nSPS) is 21.9. The number of aliphatic hydroxyl groups is 2. The highest BCUT2D eigenvalue weighted by molar-refractivity contribution is 6.03. The van der Waals surface area contributed by atoms with Gasteiger partial charge in [-0.1, -0.05) is 109 Å². The van der Waals surface area contributed by atoms with Crippen LogP contribution in [0.1, 0.15) is 99.7 Å². The Morgan fingerprint density at radius 2 is 1.66 bits per heavy atom. The highest BCUT2D eigenvalue weighted by atomic mass is 16.7. The summed E-state index contributed by atoms with van der Waals surface area (Å²) in [5.41, 5.74) is 5.66. The van der Waals surface area contributed by atoms with Gasteiger partial charge in [0, 0.05) is 36.8 Å². The number of aryl methyl sites for hydroxylation is 1. The number of allylic oxidation sites excluding steroid dienone is 1. The number of oxime groups is 1. The van der Waals surface area contributed by atoms with E-state index in [1.807, 2.05) is 107 Å². The minimum absolute atomic E-state index is 0.0171. The molecule has 5 aromatic rings. The number of hydrogen-bond acceptors (Lipinski definition) is 11. The van der Waals surface area contributed by atoms with Crippen LogP contribution in [-0.2, 0) is 38.8 Å². The van der Waals surface area contributed by atoms with E-state index < -0.39 is 29.4 Å². The largest absolute Gasteiger partial charge is 0.487 e. The second kappa shape index (κ2) is 23.9. The van der Waals surface area contributed by atoms with Crippen molar-refractivity contribution < 1.29 is 43.5 Å². The molecule has 0 saturated heterocycles. The molecule has 2 heterocycles. The summed E-state index contributed by atoms with van der Waals surface area (Å²) in [6, 6.07) is 35.3. The number of unbranched alkanes of at least 4 members (excludes halogenated alkanes) is 2. The molecule has 1 fully saturated rings. The molecule has 0 radical (unpaired) electrons. The molecule has 0 spiro atoms. The maximum Gasteiger partial charge on any atom is 0.410 e. The monoisotopic (exact) mass is 966 g/mol. The first-order valence-corrected chi connectivity index (χ1v) is 25.4. The molecule has 1 amide bonds. The molecule has 12 nitrogen and oxygen atoms in total. The number of aromatic nitrogens is 1. The molecule has 0 bridgehead atoms. The number of benzene rings is 4. The van der Waals surface area contributed by atoms with Gasteiger partial charge < -0.3 is 38.7 Å². The van der Waals surface area contributed by atoms with Crippen LogP contribution >= 0.6 is 0 Å². The lowest BCUT2D eigenvalue weighted by molar-refractivity contribution is -0.256. The number of amides is 1. The van der Waals surface area contributed by atoms with E-state index in [2.05, 4.69) is 43.0 Å². The third kappa shape index (κ3) is 12.4. The molecule has 1 saturated carbocycles. The molecule has 6 atom stereocenters. The fraction of sp³-hybridized carbons (Fsp3) is 0.441. The number of rotatable bonds is 23. The second-order valence-electron chi connectivity index (χ2n) is 20.0. The van der Waals surface area contributed by atoms with Crippen LogP contribution in [0.25, 0.3) is 10.8 Å². The number of hydrogen-bond donors (Lipinski definition) is 2. The van der Waals surface area contributed by atoms with Gasteiger partial charge >= 0.3 is 6.09 Å². The van der Waals surface area contributed by atoms with Gasteiger partial charge in [-0.05, 0) is 123 Å². The van der Waals surface area contributed by atoms with Gasteiger partial charge in [0.2, 0.25) is 5.79 Å². The minimum atomic E-state index is -1.50. The average Bonchev–Trinajstić information content (AvgIpc) is 3.37. The molecular formula is C59H71N3O9. The van der Waals surface area contributed by atoms with Crippen molar-refractivity contribution in [2.24, 2.45) is 22.9 Å². The van der Waals surface area contributed by atoms with E-state index in [0.29, 0.717) is 36.7 Å². The molecule has 71 heavy (non-hydrogen) atoms. The van der Waals surface area contributed by atoms with Crippen LogP contribution in [0.3, 0.4) is 0 Å². The zero-order chi connectivity index (χ0) is 49.8. The fourth-order valence-corrected chi connectivity index (χ4v) is 10.7. The summed E-state index contributed by atoms with van der Waals surface area (Å²) in [7, 11) is 0. The molecule has 2 aliphatic carbocycles. The van der Waals surface area contributed by atoms with Crippen molar-refractivity contribution >= 4 is 22.6 Å². The molecule has 2 N–H and O–H groups in total. The zero-order valence-corrected chi connectivity index (χ0v) is 41.8. The van der Waals surface area contributed by atoms with Gasteiger partial charge in [0.25, 0.3) is 0 Å². The number of carbonyl (C=O) groups excluding carboxylic acids is 1. The molecule has 376 valence electrons. The Balaban J connectivity index is 1.29. The van der Waals surface area contributed by atoms with Gasteiger partial charge in [-0.25, -0.2) is 4.79 Å². The Hall–Kier alpha value is -6.05. The van der Waals surface area contributed by atoms with Gasteiger partial charge in [0.15, 0.2) is 0 Å². The lowest BCUT2D eigenvalue weighted by Crippen LogP contribution is -2.70. The van der Waals surface area contributed by atoms with E-state index in [1.54, 1.807) is 11.0 Å². The van der Waals surface area contributed by atoms with E-state index >= 15 is 4.79 Å². The van der Waals surface area contributed by atoms with Crippen LogP contribution in [0.4, 0.5) is 4.79 Å². The lowest BCUT2D eigenvalue weighted by atomic mass is 9.55. The second-order valence-corrected chi connectivity index (χ2v) is 20.0. The summed E-state index contributed by atoms with van der Waals surface area (Å²) in [5, 5.41) is 27.2. The van der Waals surface area contributed by atoms with Crippen molar-refractivity contribution in [2.45, 2.75) is 116 Å². The van der Waals surface area contributed by atoms with Gasteiger partial charge in [-0.3, -0.25) is 9.88 Å². The highest BCUT2D eigenvalue weighted by Gasteiger charge is 2.66. The summed E-state index contributed by atoms with van der Waals surface area (Å²) in [4.78, 5) is 28.1. The minimum Gasteiger partial charge on any atom is -0.487 e. The quantitative estimate of drug-likeness (QED) is 0.0369. The Bertz CT molecular complexity index is 2620. The van der Waals surface area contributed by atoms with Crippen molar-refractivity contribution in [3.63, 3.8) is 0 Å². The molecular weight excluding hydrogens is 895 g/mol. The molecule has 1 aliphatic heterocycles. The first-order valence-electron chi connectivity index (χ1n) is 25.4. The summed E-state index contributed by atoms with van der Waals surface area (Å²) >= 11 is 0. The molecule has 0 unspecified atom stereocenters. The zero-order valence-electron chi connectivity index (χ0n) is 41.8. The van der Waals surface area contributed by atoms with Crippen LogP contribution in [0.5, 0.6) is 11.5 Å². The molecule has 3 aliphatic rings. The van der Waals surface area contributed by atoms with E-state index in [1.165, 1.54) is 0 Å². The van der Waals surface area contributed by atoms with Crippen LogP contribution in [-0.4, -0.2) is 82.4 Å². The third-order valence-corrected chi connectivity index (χ3v) is 13.8. The van der Waals surface area contributed by atoms with Crippen molar-refractivity contribution in [3.05, 3.63) is 162 Å². The van der Waals surface area contributed by atoms with E-state index in [-0.39, 0.29) is 70.4 Å². The SMILES string of the molecule is C=CCO[C@@]12Oc3ccc(OCc4cccc(C)n4)cc3[C@H]3[C@H](CCCCO)[C@@H](CCCCO)C=C(C(=NOC(C)(C)C)C[C@@H]1N(Cc1cccc4ccccc14)C(=O)OCCOCc1ccccc1)[C@H]32. The number of aliphatic hydroxyl groups excluding tert-OH is 2. The predicted octanol–water partition coefficient (Wildman–Crippen LogP) is 11.4. The van der Waals surface area contributed by atoms with Crippen LogP contribution < -0.4 is 9.47 Å². The van der Waals surface area contributed by atoms with E-state index in [0.717, 1.165) is 70.1 Å². The Labute approximate surface area is 419 Å². The van der Waals surface area contributed by atoms with Crippen LogP contribution in [0.2, 0.25) is 0 Å². The number of pyridine rings is 1. The summed E-state index contributed by atoms with van der Waals surface area (Å²) in [6.07, 6.45) is 8.30. The van der Waals surface area contributed by atoms with Crippen LogP contribution in [0, 0.1) is 24.7 Å². The first kappa shape index (κ1) is 51.3. The Morgan fingerprint density at radius 1 is 0.901 bits per heavy atom. The first-order chi connectivity index (χ1) is 34.5. The maximum atomic E-state index is 15.3. The van der Waals surface area contributed by atoms with Gasteiger partial charge in [-0.15, -0.1) is 6.58 Å². The van der Waals surface area contributed by atoms with Crippen LogP contribution in [0.15, 0.2) is 139 Å². The van der Waals surface area contributed by atoms with Crippen molar-refractivity contribution in [3.8, 4) is 11.5 Å². The smallest absolute Gasteiger partial charge is 0.410 e. The number of ether oxygens (including phenoxy) is 5. The topological polar surface area (TPSA) is 141 Å². The molecule has 12 heteroatoms. The van der Waals surface area contributed by atoms with Crippen molar-refractivity contribution in [1.29, 1.82) is 0 Å². The summed E-state index contributed by atoms with van der Waals surface area (Å²) in [5.74, 6) is -0.870. The Kier molecular flexibility index (Phi) is 17.3. The van der Waals surface area contributed by atoms with E-state index in [9.17, 15) is 10.2 Å². The Morgan fingerprint density at radius 3 is 2.44 bits per heavy atom. The van der Waals surface area contributed by atoms with Crippen molar-refractivity contribution in [1.82, 2.24) is 9.88 Å². The summed E-state index contributed by atoms with van der Waals surface area (Å²) in [6.45, 7) is 13.3. The third-order valence-electron chi connectivity index (χ3n) is 13.8. The summed E-state index contributed by atoms with van der Waals surface area (Å²) < 4.78 is 33.6. The number of fused-ring (bicyclic) bond motifs is 3. The fourth-order valence-electron chi connectivity index (χ4n) is 10.7. The number of nitrogens with zero attached hydrogens (tertiary/aromatic N) is 3. The van der Waals surface area contributed by atoms with Gasteiger partial charge in [0.1, 0.15) is 36.4 Å². The number of carbonyl (C=O) groups is 1. The lowest BCUT2D eigenvalue weighted by Gasteiger charge is -2.60.